The van der Waals surface area contributed by atoms with Gasteiger partial charge in [-0.2, -0.15) is 5.10 Å². The molecule has 1 aromatic carbocycles. The van der Waals surface area contributed by atoms with Crippen molar-refractivity contribution in [1.29, 1.82) is 0 Å². The third kappa shape index (κ3) is 2.44. The van der Waals surface area contributed by atoms with Crippen LogP contribution in [0.2, 0.25) is 0 Å². The SMILES string of the molecule is Cn1nc(C(=O)O)cc1-c1ccc(S(=O)(=O)C2CC2)cc1. The fourth-order valence-corrected chi connectivity index (χ4v) is 3.89. The molecule has 0 bridgehead atoms. The highest BCUT2D eigenvalue weighted by Crippen LogP contribution is 2.34. The number of aryl methyl sites for hydroxylation is 1. The molecular weight excluding hydrogens is 292 g/mol. The minimum atomic E-state index is -3.20. The number of hydrogen-bond donors (Lipinski definition) is 1. The zero-order valence-electron chi connectivity index (χ0n) is 11.4. The van der Waals surface area contributed by atoms with Gasteiger partial charge in [0.25, 0.3) is 0 Å². The number of aromatic carboxylic acids is 1. The lowest BCUT2D eigenvalue weighted by Gasteiger charge is -2.05. The summed E-state index contributed by atoms with van der Waals surface area (Å²) in [6.07, 6.45) is 1.46. The summed E-state index contributed by atoms with van der Waals surface area (Å²) in [7, 11) is -1.55. The smallest absolute Gasteiger partial charge is 0.356 e. The van der Waals surface area contributed by atoms with Gasteiger partial charge in [-0.15, -0.1) is 0 Å². The van der Waals surface area contributed by atoms with Gasteiger partial charge < -0.3 is 5.11 Å². The van der Waals surface area contributed by atoms with Crippen molar-refractivity contribution in [3.05, 3.63) is 36.0 Å². The van der Waals surface area contributed by atoms with E-state index in [1.165, 1.54) is 10.7 Å². The van der Waals surface area contributed by atoms with Crippen LogP contribution in [0.15, 0.2) is 35.2 Å². The molecule has 0 unspecified atom stereocenters. The minimum Gasteiger partial charge on any atom is -0.476 e. The van der Waals surface area contributed by atoms with Crippen LogP contribution >= 0.6 is 0 Å². The Balaban J connectivity index is 1.96. The second-order valence-corrected chi connectivity index (χ2v) is 7.34. The molecule has 0 radical (unpaired) electrons. The molecule has 1 saturated carbocycles. The summed E-state index contributed by atoms with van der Waals surface area (Å²) < 4.78 is 25.7. The van der Waals surface area contributed by atoms with Gasteiger partial charge in [0, 0.05) is 7.05 Å². The van der Waals surface area contributed by atoms with Crippen molar-refractivity contribution >= 4 is 15.8 Å². The van der Waals surface area contributed by atoms with Crippen molar-refractivity contribution in [2.45, 2.75) is 23.0 Å². The van der Waals surface area contributed by atoms with Crippen LogP contribution in [0.1, 0.15) is 23.3 Å². The summed E-state index contributed by atoms with van der Waals surface area (Å²) in [5.74, 6) is -1.09. The van der Waals surface area contributed by atoms with E-state index in [-0.39, 0.29) is 10.9 Å². The van der Waals surface area contributed by atoms with E-state index >= 15 is 0 Å². The van der Waals surface area contributed by atoms with Crippen molar-refractivity contribution < 1.29 is 18.3 Å². The normalized spacial score (nSPS) is 15.1. The average Bonchev–Trinajstić information content (AvgIpc) is 3.23. The van der Waals surface area contributed by atoms with E-state index in [0.29, 0.717) is 10.6 Å². The van der Waals surface area contributed by atoms with Gasteiger partial charge in [-0.25, -0.2) is 13.2 Å². The van der Waals surface area contributed by atoms with Gasteiger partial charge in [0.15, 0.2) is 15.5 Å². The van der Waals surface area contributed by atoms with Crippen LogP contribution in [0.3, 0.4) is 0 Å². The second kappa shape index (κ2) is 4.70. The van der Waals surface area contributed by atoms with Gasteiger partial charge in [-0.1, -0.05) is 12.1 Å². The Kier molecular flexibility index (Phi) is 3.09. The highest BCUT2D eigenvalue weighted by Gasteiger charge is 2.36. The number of benzene rings is 1. The van der Waals surface area contributed by atoms with Crippen LogP contribution in [0.4, 0.5) is 0 Å². The molecule has 0 spiro atoms. The van der Waals surface area contributed by atoms with E-state index < -0.39 is 15.8 Å². The highest BCUT2D eigenvalue weighted by molar-refractivity contribution is 7.92. The van der Waals surface area contributed by atoms with Gasteiger partial charge in [0.05, 0.1) is 15.8 Å². The first-order valence-corrected chi connectivity index (χ1v) is 8.06. The number of carboxylic acids is 1. The summed E-state index contributed by atoms with van der Waals surface area (Å²) >= 11 is 0. The van der Waals surface area contributed by atoms with Gasteiger partial charge >= 0.3 is 5.97 Å². The molecule has 6 nitrogen and oxygen atoms in total. The summed E-state index contributed by atoms with van der Waals surface area (Å²) in [6, 6.07) is 7.95. The summed E-state index contributed by atoms with van der Waals surface area (Å²) in [5, 5.41) is 12.6. The lowest BCUT2D eigenvalue weighted by atomic mass is 10.1. The third-order valence-electron chi connectivity index (χ3n) is 3.54. The Hall–Kier alpha value is -2.15. The highest BCUT2D eigenvalue weighted by atomic mass is 32.2. The Morgan fingerprint density at radius 2 is 1.90 bits per heavy atom. The maximum absolute atomic E-state index is 12.1. The van der Waals surface area contributed by atoms with Crippen LogP contribution in [-0.2, 0) is 16.9 Å². The molecule has 1 aliphatic carbocycles. The first-order chi connectivity index (χ1) is 9.89. The van der Waals surface area contributed by atoms with E-state index in [1.54, 1.807) is 31.3 Å². The topological polar surface area (TPSA) is 89.3 Å². The summed E-state index contributed by atoms with van der Waals surface area (Å²) in [6.45, 7) is 0. The van der Waals surface area contributed by atoms with E-state index in [9.17, 15) is 13.2 Å². The molecule has 0 aliphatic heterocycles. The number of aromatic nitrogens is 2. The molecule has 0 amide bonds. The van der Waals surface area contributed by atoms with E-state index in [2.05, 4.69) is 5.10 Å². The van der Waals surface area contributed by atoms with Crippen molar-refractivity contribution in [2.24, 2.45) is 7.05 Å². The largest absolute Gasteiger partial charge is 0.476 e. The minimum absolute atomic E-state index is 0.0396. The van der Waals surface area contributed by atoms with Crippen LogP contribution in [0.5, 0.6) is 0 Å². The number of carboxylic acid groups (broad SMARTS) is 1. The first kappa shape index (κ1) is 13.8. The molecule has 21 heavy (non-hydrogen) atoms. The first-order valence-electron chi connectivity index (χ1n) is 6.51. The van der Waals surface area contributed by atoms with Crippen molar-refractivity contribution in [3.63, 3.8) is 0 Å². The van der Waals surface area contributed by atoms with Crippen LogP contribution < -0.4 is 0 Å². The van der Waals surface area contributed by atoms with Gasteiger partial charge in [0.2, 0.25) is 0 Å². The van der Waals surface area contributed by atoms with Gasteiger partial charge in [-0.05, 0) is 36.6 Å². The van der Waals surface area contributed by atoms with Crippen molar-refractivity contribution in [2.75, 3.05) is 0 Å². The predicted molar refractivity (Wildman–Crippen MR) is 75.8 cm³/mol. The Labute approximate surface area is 121 Å². The molecule has 110 valence electrons. The lowest BCUT2D eigenvalue weighted by molar-refractivity contribution is 0.0689. The Morgan fingerprint density at radius 1 is 1.29 bits per heavy atom. The zero-order valence-corrected chi connectivity index (χ0v) is 12.2. The van der Waals surface area contributed by atoms with Gasteiger partial charge in [-0.3, -0.25) is 4.68 Å². The molecule has 0 atom stereocenters. The maximum atomic E-state index is 12.1. The standard InChI is InChI=1S/C14H14N2O4S/c1-16-13(8-12(15-16)14(17)18)9-2-4-10(5-3-9)21(19,20)11-6-7-11/h2-5,8,11H,6-7H2,1H3,(H,17,18). The molecule has 1 aliphatic rings. The Morgan fingerprint density at radius 3 is 2.38 bits per heavy atom. The predicted octanol–water partition coefficient (Wildman–Crippen LogP) is 1.72. The molecule has 7 heteroatoms. The van der Waals surface area contributed by atoms with E-state index in [0.717, 1.165) is 18.4 Å². The monoisotopic (exact) mass is 306 g/mol. The van der Waals surface area contributed by atoms with Gasteiger partial charge in [0.1, 0.15) is 0 Å². The fraction of sp³-hybridized carbons (Fsp3) is 0.286. The quantitative estimate of drug-likeness (QED) is 0.929. The fourth-order valence-electron chi connectivity index (χ4n) is 2.23. The number of nitrogens with zero attached hydrogens (tertiary/aromatic N) is 2. The number of rotatable bonds is 4. The van der Waals surface area contributed by atoms with Crippen LogP contribution in [-0.4, -0.2) is 34.5 Å². The molecule has 1 aromatic heterocycles. The van der Waals surface area contributed by atoms with E-state index in [4.69, 9.17) is 5.11 Å². The maximum Gasteiger partial charge on any atom is 0.356 e. The van der Waals surface area contributed by atoms with Crippen LogP contribution in [0, 0.1) is 0 Å². The molecule has 2 aromatic rings. The van der Waals surface area contributed by atoms with E-state index in [1.807, 2.05) is 0 Å². The van der Waals surface area contributed by atoms with Crippen molar-refractivity contribution in [3.8, 4) is 11.3 Å². The number of hydrogen-bond acceptors (Lipinski definition) is 4. The average molecular weight is 306 g/mol. The zero-order chi connectivity index (χ0) is 15.2. The summed E-state index contributed by atoms with van der Waals surface area (Å²) in [5.41, 5.74) is 1.32. The van der Waals surface area contributed by atoms with Crippen LogP contribution in [0.25, 0.3) is 11.3 Å². The Bertz CT molecular complexity index is 802. The molecule has 1 N–H and O–H groups in total. The molecule has 0 saturated heterocycles. The summed E-state index contributed by atoms with van der Waals surface area (Å²) in [4.78, 5) is 11.2. The number of carbonyl (C=O) groups is 1. The lowest BCUT2D eigenvalue weighted by Crippen LogP contribution is -2.06. The third-order valence-corrected chi connectivity index (χ3v) is 5.82. The second-order valence-electron chi connectivity index (χ2n) is 5.11. The van der Waals surface area contributed by atoms with Crippen molar-refractivity contribution in [1.82, 2.24) is 9.78 Å². The molecule has 3 rings (SSSR count). The molecule has 1 heterocycles. The molecule has 1 fully saturated rings. The molecular formula is C14H14N2O4S. The number of sulfone groups is 1.